The highest BCUT2D eigenvalue weighted by atomic mass is 32.1. The lowest BCUT2D eigenvalue weighted by Crippen LogP contribution is -2.21. The minimum atomic E-state index is -0.444. The van der Waals surface area contributed by atoms with Crippen molar-refractivity contribution in [2.45, 2.75) is 26.9 Å². The molecule has 1 aromatic carbocycles. The number of rotatable bonds is 4. The van der Waals surface area contributed by atoms with Gasteiger partial charge in [-0.25, -0.2) is 4.39 Å². The molecule has 0 aliphatic rings. The van der Waals surface area contributed by atoms with E-state index in [0.717, 1.165) is 0 Å². The number of benzene rings is 1. The molecule has 0 heterocycles. The van der Waals surface area contributed by atoms with E-state index in [1.54, 1.807) is 12.1 Å². The van der Waals surface area contributed by atoms with Crippen molar-refractivity contribution in [3.63, 3.8) is 0 Å². The molecule has 0 bridgehead atoms. The van der Waals surface area contributed by atoms with Gasteiger partial charge in [-0.2, -0.15) is 0 Å². The van der Waals surface area contributed by atoms with Crippen molar-refractivity contribution in [3.05, 3.63) is 29.6 Å². The number of ether oxygens (including phenoxy) is 1. The Kier molecular flexibility index (Phi) is 4.24. The van der Waals surface area contributed by atoms with Gasteiger partial charge in [0.15, 0.2) is 0 Å². The molecule has 0 saturated carbocycles. The molecule has 0 amide bonds. The molecule has 1 atom stereocenters. The number of nitrogens with two attached hydrogens (primary N) is 1. The van der Waals surface area contributed by atoms with Crippen LogP contribution in [0.15, 0.2) is 18.2 Å². The molecule has 0 spiro atoms. The van der Waals surface area contributed by atoms with Gasteiger partial charge in [0.05, 0.1) is 11.7 Å². The Morgan fingerprint density at radius 3 is 2.50 bits per heavy atom. The van der Waals surface area contributed by atoms with E-state index >= 15 is 0 Å². The molecule has 1 unspecified atom stereocenters. The Bertz CT molecular complexity index is 393. The third-order valence-electron chi connectivity index (χ3n) is 2.47. The van der Waals surface area contributed by atoms with Crippen LogP contribution in [0.1, 0.15) is 26.3 Å². The number of hydrogen-bond donors (Lipinski definition) is 1. The normalized spacial score (nSPS) is 12.6. The van der Waals surface area contributed by atoms with Gasteiger partial charge in [0.1, 0.15) is 16.6 Å². The molecule has 0 aliphatic carbocycles. The van der Waals surface area contributed by atoms with Crippen LogP contribution in [0, 0.1) is 11.7 Å². The van der Waals surface area contributed by atoms with Crippen LogP contribution in [0.4, 0.5) is 4.39 Å². The molecule has 16 heavy (non-hydrogen) atoms. The molecular weight excluding hydrogens is 225 g/mol. The van der Waals surface area contributed by atoms with E-state index in [4.69, 9.17) is 22.7 Å². The number of thiocarbonyl (C=S) groups is 1. The van der Waals surface area contributed by atoms with Crippen LogP contribution >= 0.6 is 12.2 Å². The molecule has 88 valence electrons. The monoisotopic (exact) mass is 241 g/mol. The van der Waals surface area contributed by atoms with Crippen molar-refractivity contribution in [2.75, 3.05) is 0 Å². The summed E-state index contributed by atoms with van der Waals surface area (Å²) >= 11 is 4.81. The van der Waals surface area contributed by atoms with Crippen LogP contribution in [-0.2, 0) is 0 Å². The Morgan fingerprint density at radius 1 is 1.38 bits per heavy atom. The van der Waals surface area contributed by atoms with Gasteiger partial charge >= 0.3 is 0 Å². The van der Waals surface area contributed by atoms with E-state index in [1.807, 2.05) is 20.8 Å². The summed E-state index contributed by atoms with van der Waals surface area (Å²) in [4.78, 5) is 0.0176. The maximum absolute atomic E-state index is 13.5. The van der Waals surface area contributed by atoms with Crippen molar-refractivity contribution in [3.8, 4) is 5.75 Å². The van der Waals surface area contributed by atoms with Crippen molar-refractivity contribution in [1.29, 1.82) is 0 Å². The van der Waals surface area contributed by atoms with Crippen LogP contribution in [-0.4, -0.2) is 11.1 Å². The molecule has 2 N–H and O–H groups in total. The highest BCUT2D eigenvalue weighted by Crippen LogP contribution is 2.23. The molecule has 0 radical (unpaired) electrons. The van der Waals surface area contributed by atoms with E-state index < -0.39 is 5.82 Å². The largest absolute Gasteiger partial charge is 0.490 e. The van der Waals surface area contributed by atoms with Gasteiger partial charge in [0.25, 0.3) is 0 Å². The number of hydrogen-bond acceptors (Lipinski definition) is 2. The summed E-state index contributed by atoms with van der Waals surface area (Å²) in [6, 6.07) is 4.58. The zero-order chi connectivity index (χ0) is 12.3. The lowest BCUT2D eigenvalue weighted by molar-refractivity contribution is 0.169. The van der Waals surface area contributed by atoms with Gasteiger partial charge in [-0.1, -0.05) is 32.1 Å². The first-order valence-electron chi connectivity index (χ1n) is 5.18. The molecule has 2 nitrogen and oxygen atoms in total. The molecule has 0 saturated heterocycles. The molecular formula is C12H16FNOS. The van der Waals surface area contributed by atoms with Crippen molar-refractivity contribution < 1.29 is 9.13 Å². The van der Waals surface area contributed by atoms with Crippen molar-refractivity contribution in [1.82, 2.24) is 0 Å². The first kappa shape index (κ1) is 12.9. The Hall–Kier alpha value is -1.16. The minimum Gasteiger partial charge on any atom is -0.490 e. The van der Waals surface area contributed by atoms with Crippen LogP contribution < -0.4 is 10.5 Å². The molecule has 1 rings (SSSR count). The van der Waals surface area contributed by atoms with Crippen LogP contribution in [0.2, 0.25) is 0 Å². The van der Waals surface area contributed by atoms with Crippen LogP contribution in [0.5, 0.6) is 5.75 Å². The Labute approximate surface area is 101 Å². The topological polar surface area (TPSA) is 35.2 Å². The highest BCUT2D eigenvalue weighted by molar-refractivity contribution is 7.80. The maximum atomic E-state index is 13.5. The predicted molar refractivity (Wildman–Crippen MR) is 67.2 cm³/mol. The smallest absolute Gasteiger partial charge is 0.137 e. The lowest BCUT2D eigenvalue weighted by Gasteiger charge is -2.20. The molecule has 0 aromatic heterocycles. The third-order valence-corrected chi connectivity index (χ3v) is 2.68. The van der Waals surface area contributed by atoms with E-state index in [-0.39, 0.29) is 16.7 Å². The van der Waals surface area contributed by atoms with Gasteiger partial charge in [-0.05, 0) is 25.0 Å². The lowest BCUT2D eigenvalue weighted by atomic mass is 10.1. The van der Waals surface area contributed by atoms with Crippen LogP contribution in [0.3, 0.4) is 0 Å². The maximum Gasteiger partial charge on any atom is 0.137 e. The third kappa shape index (κ3) is 2.92. The molecule has 0 fully saturated rings. The molecule has 4 heteroatoms. The summed E-state index contributed by atoms with van der Waals surface area (Å²) in [5.41, 5.74) is 5.66. The zero-order valence-electron chi connectivity index (χ0n) is 9.66. The SMILES string of the molecule is CC(C)C(C)Oc1cccc(F)c1C(N)=S. The van der Waals surface area contributed by atoms with E-state index in [2.05, 4.69) is 0 Å². The summed E-state index contributed by atoms with van der Waals surface area (Å²) in [6.45, 7) is 5.99. The quantitative estimate of drug-likeness (QED) is 0.823. The zero-order valence-corrected chi connectivity index (χ0v) is 10.5. The summed E-state index contributed by atoms with van der Waals surface area (Å²) in [6.07, 6.45) is -0.0186. The second-order valence-electron chi connectivity index (χ2n) is 4.04. The number of halogens is 1. The Morgan fingerprint density at radius 2 is 2.00 bits per heavy atom. The molecule has 1 aromatic rings. The second kappa shape index (κ2) is 5.25. The fourth-order valence-corrected chi connectivity index (χ4v) is 1.38. The first-order valence-corrected chi connectivity index (χ1v) is 5.59. The van der Waals surface area contributed by atoms with Gasteiger partial charge in [0.2, 0.25) is 0 Å². The molecule has 0 aliphatic heterocycles. The van der Waals surface area contributed by atoms with Gasteiger partial charge in [-0.15, -0.1) is 0 Å². The minimum absolute atomic E-state index is 0.0176. The van der Waals surface area contributed by atoms with E-state index in [9.17, 15) is 4.39 Å². The predicted octanol–water partition coefficient (Wildman–Crippen LogP) is 2.88. The van der Waals surface area contributed by atoms with Gasteiger partial charge in [0, 0.05) is 0 Å². The standard InChI is InChI=1S/C12H16FNOS/c1-7(2)8(3)15-10-6-4-5-9(13)11(10)12(14)16/h4-8H,1-3H3,(H2,14,16). The highest BCUT2D eigenvalue weighted by Gasteiger charge is 2.16. The van der Waals surface area contributed by atoms with Gasteiger partial charge in [-0.3, -0.25) is 0 Å². The van der Waals surface area contributed by atoms with E-state index in [0.29, 0.717) is 11.7 Å². The summed E-state index contributed by atoms with van der Waals surface area (Å²) in [5.74, 6) is 0.303. The fraction of sp³-hybridized carbons (Fsp3) is 0.417. The summed E-state index contributed by atoms with van der Waals surface area (Å²) in [5, 5.41) is 0. The summed E-state index contributed by atoms with van der Waals surface area (Å²) < 4.78 is 19.1. The van der Waals surface area contributed by atoms with Crippen molar-refractivity contribution >= 4 is 17.2 Å². The average molecular weight is 241 g/mol. The summed E-state index contributed by atoms with van der Waals surface area (Å²) in [7, 11) is 0. The van der Waals surface area contributed by atoms with E-state index in [1.165, 1.54) is 6.07 Å². The van der Waals surface area contributed by atoms with Gasteiger partial charge < -0.3 is 10.5 Å². The Balaban J connectivity index is 3.04. The fourth-order valence-electron chi connectivity index (χ4n) is 1.18. The van der Waals surface area contributed by atoms with Crippen molar-refractivity contribution in [2.24, 2.45) is 11.7 Å². The second-order valence-corrected chi connectivity index (χ2v) is 4.48. The first-order chi connectivity index (χ1) is 7.43. The average Bonchev–Trinajstić information content (AvgIpc) is 2.16. The van der Waals surface area contributed by atoms with Crippen LogP contribution in [0.25, 0.3) is 0 Å².